The van der Waals surface area contributed by atoms with Crippen molar-refractivity contribution in [1.29, 1.82) is 0 Å². The minimum absolute atomic E-state index is 0.862. The molecular weight excluding hydrogens is 657 g/mol. The van der Waals surface area contributed by atoms with Gasteiger partial charge in [-0.05, 0) is 66.2 Å². The quantitative estimate of drug-likeness (QED) is 0.180. The zero-order chi connectivity index (χ0) is 35.6. The Labute approximate surface area is 311 Å². The van der Waals surface area contributed by atoms with E-state index in [1.54, 1.807) is 0 Å². The van der Waals surface area contributed by atoms with Gasteiger partial charge < -0.3 is 9.13 Å². The Hall–Kier alpha value is -7.30. The van der Waals surface area contributed by atoms with Gasteiger partial charge in [0.15, 0.2) is 0 Å². The Morgan fingerprint density at radius 3 is 1.43 bits per heavy atom. The van der Waals surface area contributed by atoms with E-state index in [2.05, 4.69) is 173 Å². The van der Waals surface area contributed by atoms with Gasteiger partial charge in [0.25, 0.3) is 0 Å². The lowest BCUT2D eigenvalue weighted by Crippen LogP contribution is -2.00. The molecule has 0 radical (unpaired) electrons. The van der Waals surface area contributed by atoms with E-state index in [0.717, 1.165) is 61.6 Å². The molecular formula is C50H32N4. The zero-order valence-electron chi connectivity index (χ0n) is 29.3. The molecule has 0 aliphatic carbocycles. The van der Waals surface area contributed by atoms with Gasteiger partial charge in [-0.3, -0.25) is 0 Å². The van der Waals surface area contributed by atoms with E-state index in [9.17, 15) is 0 Å². The van der Waals surface area contributed by atoms with Crippen LogP contribution in [0.2, 0.25) is 0 Å². The molecule has 4 nitrogen and oxygen atoms in total. The molecule has 0 spiro atoms. The Morgan fingerprint density at radius 1 is 0.315 bits per heavy atom. The lowest BCUT2D eigenvalue weighted by atomic mass is 9.97. The lowest BCUT2D eigenvalue weighted by molar-refractivity contribution is 1.17. The summed E-state index contributed by atoms with van der Waals surface area (Å²) in [6.07, 6.45) is 0. The van der Waals surface area contributed by atoms with Gasteiger partial charge in [0.1, 0.15) is 0 Å². The van der Waals surface area contributed by atoms with Crippen molar-refractivity contribution in [2.24, 2.45) is 0 Å². The molecule has 0 fully saturated rings. The molecule has 8 aromatic carbocycles. The maximum atomic E-state index is 5.27. The summed E-state index contributed by atoms with van der Waals surface area (Å²) in [6.45, 7) is 0. The van der Waals surface area contributed by atoms with Crippen LogP contribution in [0.3, 0.4) is 0 Å². The second-order valence-electron chi connectivity index (χ2n) is 13.8. The molecule has 3 aromatic heterocycles. The van der Waals surface area contributed by atoms with Gasteiger partial charge in [0.2, 0.25) is 0 Å². The summed E-state index contributed by atoms with van der Waals surface area (Å²) >= 11 is 0. The highest BCUT2D eigenvalue weighted by atomic mass is 15.0. The lowest BCUT2D eigenvalue weighted by Gasteiger charge is -2.17. The second-order valence-corrected chi connectivity index (χ2v) is 13.8. The maximum Gasteiger partial charge on any atom is 0.0973 e. The highest BCUT2D eigenvalue weighted by molar-refractivity contribution is 6.19. The van der Waals surface area contributed by atoms with Crippen LogP contribution in [0.25, 0.3) is 99.7 Å². The summed E-state index contributed by atoms with van der Waals surface area (Å²) in [5, 5.41) is 4.89. The van der Waals surface area contributed by atoms with Crippen molar-refractivity contribution in [3.63, 3.8) is 0 Å². The minimum atomic E-state index is 0.862. The summed E-state index contributed by atoms with van der Waals surface area (Å²) in [6, 6.07) is 69.0. The summed E-state index contributed by atoms with van der Waals surface area (Å²) in [5.41, 5.74) is 14.8. The number of aromatic nitrogens is 4. The molecule has 0 aliphatic rings. The number of para-hydroxylation sites is 5. The standard InChI is InChI=1S/C50H32N4/c1-4-16-33(17-5-1)39-30-35(50-49(34-18-6-2-7-19-34)51-42-24-12-13-25-43(42)52-50)28-29-46(39)54-45-27-15-11-23-38(45)41-31-47-40(32-48(41)54)37-22-10-14-26-44(37)53(47)36-20-8-3-9-21-36/h1-32H. The Bertz CT molecular complexity index is 3200. The first-order valence-electron chi connectivity index (χ1n) is 18.3. The highest BCUT2D eigenvalue weighted by Crippen LogP contribution is 2.42. The molecule has 11 rings (SSSR count). The Morgan fingerprint density at radius 2 is 0.796 bits per heavy atom. The van der Waals surface area contributed by atoms with E-state index in [0.29, 0.717) is 0 Å². The topological polar surface area (TPSA) is 35.6 Å². The Kier molecular flexibility index (Phi) is 6.82. The fraction of sp³-hybridized carbons (Fsp3) is 0. The van der Waals surface area contributed by atoms with Crippen LogP contribution in [-0.2, 0) is 0 Å². The molecule has 0 aliphatic heterocycles. The average Bonchev–Trinajstić information content (AvgIpc) is 3.75. The molecule has 0 amide bonds. The second kappa shape index (κ2) is 12.1. The molecule has 0 saturated heterocycles. The fourth-order valence-corrected chi connectivity index (χ4v) is 8.27. The van der Waals surface area contributed by atoms with Gasteiger partial charge in [-0.2, -0.15) is 0 Å². The molecule has 0 saturated carbocycles. The highest BCUT2D eigenvalue weighted by Gasteiger charge is 2.21. The molecule has 252 valence electrons. The summed E-state index contributed by atoms with van der Waals surface area (Å²) < 4.78 is 4.85. The van der Waals surface area contributed by atoms with Gasteiger partial charge in [0, 0.05) is 43.9 Å². The number of benzene rings is 8. The molecule has 0 unspecified atom stereocenters. The van der Waals surface area contributed by atoms with E-state index >= 15 is 0 Å². The largest absolute Gasteiger partial charge is 0.309 e. The third-order valence-corrected chi connectivity index (χ3v) is 10.7. The third-order valence-electron chi connectivity index (χ3n) is 10.7. The normalized spacial score (nSPS) is 11.7. The molecule has 0 atom stereocenters. The predicted molar refractivity (Wildman–Crippen MR) is 225 cm³/mol. The Balaban J connectivity index is 1.22. The summed E-state index contributed by atoms with van der Waals surface area (Å²) in [7, 11) is 0. The van der Waals surface area contributed by atoms with Gasteiger partial charge in [-0.1, -0.05) is 133 Å². The summed E-state index contributed by atoms with van der Waals surface area (Å²) in [5.74, 6) is 0. The first-order valence-corrected chi connectivity index (χ1v) is 18.3. The monoisotopic (exact) mass is 688 g/mol. The van der Waals surface area contributed by atoms with E-state index < -0.39 is 0 Å². The fourth-order valence-electron chi connectivity index (χ4n) is 8.27. The van der Waals surface area contributed by atoms with Crippen molar-refractivity contribution in [3.8, 4) is 45.0 Å². The van der Waals surface area contributed by atoms with Crippen molar-refractivity contribution >= 4 is 54.6 Å². The van der Waals surface area contributed by atoms with Crippen LogP contribution in [-0.4, -0.2) is 19.1 Å². The van der Waals surface area contributed by atoms with Crippen LogP contribution in [0, 0.1) is 0 Å². The van der Waals surface area contributed by atoms with Crippen molar-refractivity contribution in [3.05, 3.63) is 194 Å². The molecule has 11 aromatic rings. The van der Waals surface area contributed by atoms with Crippen LogP contribution in [0.5, 0.6) is 0 Å². The van der Waals surface area contributed by atoms with Crippen molar-refractivity contribution < 1.29 is 0 Å². The van der Waals surface area contributed by atoms with Crippen LogP contribution >= 0.6 is 0 Å². The molecule has 0 N–H and O–H groups in total. The number of hydrogen-bond donors (Lipinski definition) is 0. The SMILES string of the molecule is c1ccc(-c2cc(-c3nc4ccccc4nc3-c3ccccc3)ccc2-n2c3ccccc3c3cc4c(cc32)c2ccccc2n4-c2ccccc2)cc1. The zero-order valence-corrected chi connectivity index (χ0v) is 29.3. The predicted octanol–water partition coefficient (Wildman–Crippen LogP) is 12.8. The van der Waals surface area contributed by atoms with Crippen molar-refractivity contribution in [1.82, 2.24) is 19.1 Å². The molecule has 4 heteroatoms. The van der Waals surface area contributed by atoms with Crippen LogP contribution in [0.15, 0.2) is 194 Å². The van der Waals surface area contributed by atoms with Crippen LogP contribution in [0.4, 0.5) is 0 Å². The van der Waals surface area contributed by atoms with E-state index in [4.69, 9.17) is 9.97 Å². The van der Waals surface area contributed by atoms with Crippen molar-refractivity contribution in [2.45, 2.75) is 0 Å². The van der Waals surface area contributed by atoms with E-state index in [1.165, 1.54) is 38.1 Å². The van der Waals surface area contributed by atoms with E-state index in [-0.39, 0.29) is 0 Å². The maximum absolute atomic E-state index is 5.27. The van der Waals surface area contributed by atoms with Gasteiger partial charge in [0.05, 0.1) is 50.2 Å². The molecule has 0 bridgehead atoms. The van der Waals surface area contributed by atoms with Crippen LogP contribution < -0.4 is 0 Å². The van der Waals surface area contributed by atoms with Gasteiger partial charge in [-0.15, -0.1) is 0 Å². The van der Waals surface area contributed by atoms with Gasteiger partial charge >= 0.3 is 0 Å². The van der Waals surface area contributed by atoms with Crippen LogP contribution in [0.1, 0.15) is 0 Å². The first-order chi connectivity index (χ1) is 26.8. The summed E-state index contributed by atoms with van der Waals surface area (Å²) in [4.78, 5) is 10.5. The van der Waals surface area contributed by atoms with Gasteiger partial charge in [-0.25, -0.2) is 9.97 Å². The molecule has 54 heavy (non-hydrogen) atoms. The molecule has 3 heterocycles. The first kappa shape index (κ1) is 30.3. The third kappa shape index (κ3) is 4.70. The number of hydrogen-bond acceptors (Lipinski definition) is 2. The van der Waals surface area contributed by atoms with E-state index in [1.807, 2.05) is 30.3 Å². The average molecular weight is 689 g/mol. The number of fused-ring (bicyclic) bond motifs is 7. The number of nitrogens with zero attached hydrogens (tertiary/aromatic N) is 4. The smallest absolute Gasteiger partial charge is 0.0973 e. The van der Waals surface area contributed by atoms with Crippen molar-refractivity contribution in [2.75, 3.05) is 0 Å². The minimum Gasteiger partial charge on any atom is -0.309 e. The number of rotatable bonds is 5.